The highest BCUT2D eigenvalue weighted by Gasteiger charge is 2.08. The van der Waals surface area contributed by atoms with E-state index in [0.717, 1.165) is 28.0 Å². The fraction of sp³-hybridized carbons (Fsp3) is 0.400. The highest BCUT2D eigenvalue weighted by molar-refractivity contribution is 8.01. The Labute approximate surface area is 138 Å². The summed E-state index contributed by atoms with van der Waals surface area (Å²) in [7, 11) is 0. The summed E-state index contributed by atoms with van der Waals surface area (Å²) in [6, 6.07) is 8.05. The van der Waals surface area contributed by atoms with Crippen molar-refractivity contribution >= 4 is 34.1 Å². The van der Waals surface area contributed by atoms with Crippen LogP contribution in [0.2, 0.25) is 0 Å². The van der Waals surface area contributed by atoms with E-state index < -0.39 is 0 Å². The maximum atomic E-state index is 11.9. The summed E-state index contributed by atoms with van der Waals surface area (Å²) < 4.78 is 0.810. The lowest BCUT2D eigenvalue weighted by Gasteiger charge is -2.07. The van der Waals surface area contributed by atoms with E-state index in [4.69, 9.17) is 0 Å². The van der Waals surface area contributed by atoms with Crippen molar-refractivity contribution in [1.29, 1.82) is 0 Å². The summed E-state index contributed by atoms with van der Waals surface area (Å²) in [5.74, 6) is 0.361. The van der Waals surface area contributed by atoms with Crippen LogP contribution in [0.25, 0.3) is 0 Å². The van der Waals surface area contributed by atoms with Gasteiger partial charge in [-0.2, -0.15) is 0 Å². The number of hydrogen-bond donors (Lipinski definition) is 2. The Morgan fingerprint density at radius 2 is 2.14 bits per heavy atom. The highest BCUT2D eigenvalue weighted by Crippen LogP contribution is 2.25. The molecule has 0 saturated carbocycles. The number of hydrogen-bond acceptors (Lipinski definition) is 6. The molecule has 0 spiro atoms. The molecule has 5 nitrogen and oxygen atoms in total. The van der Waals surface area contributed by atoms with Crippen molar-refractivity contribution in [2.75, 3.05) is 17.6 Å². The van der Waals surface area contributed by atoms with Crippen LogP contribution in [0, 0.1) is 6.92 Å². The highest BCUT2D eigenvalue weighted by atomic mass is 32.2. The third kappa shape index (κ3) is 5.31. The van der Waals surface area contributed by atoms with E-state index in [-0.39, 0.29) is 5.91 Å². The van der Waals surface area contributed by atoms with Gasteiger partial charge in [-0.05, 0) is 24.5 Å². The molecule has 0 saturated heterocycles. The third-order valence-electron chi connectivity index (χ3n) is 3.00. The first-order valence-electron chi connectivity index (χ1n) is 7.20. The summed E-state index contributed by atoms with van der Waals surface area (Å²) in [5.41, 5.74) is 2.33. The molecule has 2 N–H and O–H groups in total. The zero-order valence-electron chi connectivity index (χ0n) is 12.8. The molecule has 0 aliphatic rings. The maximum Gasteiger partial charge on any atom is 0.230 e. The molecule has 1 aromatic carbocycles. The van der Waals surface area contributed by atoms with Crippen molar-refractivity contribution in [3.05, 3.63) is 35.4 Å². The number of rotatable bonds is 8. The normalized spacial score (nSPS) is 10.5. The van der Waals surface area contributed by atoms with Gasteiger partial charge in [-0.25, -0.2) is 0 Å². The monoisotopic (exact) mass is 336 g/mol. The molecule has 1 amide bonds. The molecular weight excluding hydrogens is 316 g/mol. The number of carbonyl (C=O) groups excluding carboxylic acids is 1. The number of thioether (sulfide) groups is 1. The zero-order chi connectivity index (χ0) is 15.8. The molecule has 22 heavy (non-hydrogen) atoms. The molecule has 2 aromatic rings. The number of nitrogens with one attached hydrogen (secondary N) is 2. The van der Waals surface area contributed by atoms with E-state index in [0.29, 0.717) is 12.3 Å². The average molecular weight is 336 g/mol. The second kappa shape index (κ2) is 8.75. The average Bonchev–Trinajstić information content (AvgIpc) is 2.98. The fourth-order valence-electron chi connectivity index (χ4n) is 1.75. The first kappa shape index (κ1) is 16.8. The standard InChI is InChI=1S/C15H20N4OS2/c1-3-8-16-14-18-19-15(22-14)21-10-13(20)17-9-12-7-5-4-6-11(12)2/h4-7H,3,8-10H2,1-2H3,(H,16,18)(H,17,20). The van der Waals surface area contributed by atoms with Gasteiger partial charge in [-0.1, -0.05) is 54.3 Å². The minimum absolute atomic E-state index is 0.00604. The minimum atomic E-state index is 0.00604. The quantitative estimate of drug-likeness (QED) is 0.725. The van der Waals surface area contributed by atoms with Crippen LogP contribution >= 0.6 is 23.1 Å². The van der Waals surface area contributed by atoms with Crippen LogP contribution in [-0.4, -0.2) is 28.4 Å². The molecular formula is C15H20N4OS2. The van der Waals surface area contributed by atoms with Gasteiger partial charge in [0.25, 0.3) is 0 Å². The summed E-state index contributed by atoms with van der Waals surface area (Å²) in [5, 5.41) is 15.0. The predicted molar refractivity (Wildman–Crippen MR) is 92.4 cm³/mol. The molecule has 0 bridgehead atoms. The maximum absolute atomic E-state index is 11.9. The van der Waals surface area contributed by atoms with Crippen LogP contribution in [0.5, 0.6) is 0 Å². The van der Waals surface area contributed by atoms with Gasteiger partial charge in [-0.3, -0.25) is 4.79 Å². The smallest absolute Gasteiger partial charge is 0.230 e. The van der Waals surface area contributed by atoms with E-state index in [2.05, 4.69) is 27.8 Å². The third-order valence-corrected chi connectivity index (χ3v) is 5.01. The van der Waals surface area contributed by atoms with Crippen molar-refractivity contribution in [1.82, 2.24) is 15.5 Å². The number of aromatic nitrogens is 2. The summed E-state index contributed by atoms with van der Waals surface area (Å²) in [6.07, 6.45) is 1.05. The lowest BCUT2D eigenvalue weighted by Crippen LogP contribution is -2.24. The van der Waals surface area contributed by atoms with Gasteiger partial charge < -0.3 is 10.6 Å². The van der Waals surface area contributed by atoms with Gasteiger partial charge in [0.2, 0.25) is 11.0 Å². The number of carbonyl (C=O) groups is 1. The number of nitrogens with zero attached hydrogens (tertiary/aromatic N) is 2. The summed E-state index contributed by atoms with van der Waals surface area (Å²) >= 11 is 2.90. The Hall–Kier alpha value is -1.60. The first-order valence-corrected chi connectivity index (χ1v) is 9.00. The number of anilines is 1. The molecule has 2 rings (SSSR count). The Morgan fingerprint density at radius 3 is 2.91 bits per heavy atom. The van der Waals surface area contributed by atoms with Crippen LogP contribution in [0.4, 0.5) is 5.13 Å². The molecule has 1 heterocycles. The SMILES string of the molecule is CCCNc1nnc(SCC(=O)NCc2ccccc2C)s1. The van der Waals surface area contributed by atoms with Crippen LogP contribution in [0.1, 0.15) is 24.5 Å². The van der Waals surface area contributed by atoms with Gasteiger partial charge in [0, 0.05) is 13.1 Å². The van der Waals surface area contributed by atoms with Gasteiger partial charge in [0.1, 0.15) is 0 Å². The number of aryl methyl sites for hydroxylation is 1. The van der Waals surface area contributed by atoms with Gasteiger partial charge in [-0.15, -0.1) is 10.2 Å². The lowest BCUT2D eigenvalue weighted by atomic mass is 10.1. The van der Waals surface area contributed by atoms with Gasteiger partial charge >= 0.3 is 0 Å². The molecule has 0 fully saturated rings. The number of benzene rings is 1. The predicted octanol–water partition coefficient (Wildman–Crippen LogP) is 3.08. The Balaban J connectivity index is 1.73. The van der Waals surface area contributed by atoms with E-state index in [1.807, 2.05) is 31.2 Å². The molecule has 0 radical (unpaired) electrons. The first-order chi connectivity index (χ1) is 10.7. The van der Waals surface area contributed by atoms with Crippen molar-refractivity contribution in [3.63, 3.8) is 0 Å². The fourth-order valence-corrected chi connectivity index (χ4v) is 3.36. The van der Waals surface area contributed by atoms with Crippen LogP contribution in [0.3, 0.4) is 0 Å². The van der Waals surface area contributed by atoms with Crippen LogP contribution in [0.15, 0.2) is 28.6 Å². The van der Waals surface area contributed by atoms with E-state index in [1.54, 1.807) is 0 Å². The summed E-state index contributed by atoms with van der Waals surface area (Å²) in [6.45, 7) is 5.59. The topological polar surface area (TPSA) is 66.9 Å². The summed E-state index contributed by atoms with van der Waals surface area (Å²) in [4.78, 5) is 11.9. The van der Waals surface area contributed by atoms with Crippen molar-refractivity contribution < 1.29 is 4.79 Å². The van der Waals surface area contributed by atoms with E-state index in [9.17, 15) is 4.79 Å². The molecule has 118 valence electrons. The van der Waals surface area contributed by atoms with Crippen molar-refractivity contribution in [3.8, 4) is 0 Å². The Morgan fingerprint density at radius 1 is 1.32 bits per heavy atom. The van der Waals surface area contributed by atoms with Crippen molar-refractivity contribution in [2.45, 2.75) is 31.2 Å². The van der Waals surface area contributed by atoms with Gasteiger partial charge in [0.05, 0.1) is 5.75 Å². The Bertz CT molecular complexity index is 615. The molecule has 0 atom stereocenters. The Kier molecular flexibility index (Phi) is 6.67. The second-order valence-electron chi connectivity index (χ2n) is 4.79. The second-order valence-corrected chi connectivity index (χ2v) is 6.99. The molecule has 1 aromatic heterocycles. The minimum Gasteiger partial charge on any atom is -0.360 e. The molecule has 7 heteroatoms. The zero-order valence-corrected chi connectivity index (χ0v) is 14.4. The molecule has 0 unspecified atom stereocenters. The van der Waals surface area contributed by atoms with Crippen LogP contribution in [-0.2, 0) is 11.3 Å². The molecule has 0 aliphatic carbocycles. The molecule has 0 aliphatic heterocycles. The van der Waals surface area contributed by atoms with E-state index >= 15 is 0 Å². The largest absolute Gasteiger partial charge is 0.360 e. The van der Waals surface area contributed by atoms with Gasteiger partial charge in [0.15, 0.2) is 4.34 Å². The van der Waals surface area contributed by atoms with Crippen LogP contribution < -0.4 is 10.6 Å². The van der Waals surface area contributed by atoms with E-state index in [1.165, 1.54) is 28.7 Å². The lowest BCUT2D eigenvalue weighted by molar-refractivity contribution is -0.118. The number of amides is 1. The van der Waals surface area contributed by atoms with Crippen molar-refractivity contribution in [2.24, 2.45) is 0 Å².